The number of anilines is 2. The largest absolute Gasteiger partial charge is 0.325 e. The van der Waals surface area contributed by atoms with E-state index in [9.17, 15) is 14.9 Å². The molecule has 2 N–H and O–H groups in total. The number of amides is 2. The van der Waals surface area contributed by atoms with Gasteiger partial charge in [0.1, 0.15) is 11.1 Å². The van der Waals surface area contributed by atoms with Crippen molar-refractivity contribution >= 4 is 33.8 Å². The summed E-state index contributed by atoms with van der Waals surface area (Å²) >= 11 is 1.50. The third-order valence-electron chi connectivity index (χ3n) is 4.79. The molecule has 0 atom stereocenters. The Morgan fingerprint density at radius 1 is 1.18 bits per heavy atom. The van der Waals surface area contributed by atoms with Crippen molar-refractivity contribution in [2.75, 3.05) is 30.8 Å². The van der Waals surface area contributed by atoms with Crippen LogP contribution in [0.5, 0.6) is 0 Å². The lowest BCUT2D eigenvalue weighted by molar-refractivity contribution is -0.119. The molecule has 2 amide bonds. The van der Waals surface area contributed by atoms with Crippen molar-refractivity contribution in [1.82, 2.24) is 4.90 Å². The van der Waals surface area contributed by atoms with Gasteiger partial charge in [-0.05, 0) is 49.9 Å². The summed E-state index contributed by atoms with van der Waals surface area (Å²) < 4.78 is 0. The number of para-hydroxylation sites is 1. The molecular weight excluding hydrogens is 372 g/mol. The summed E-state index contributed by atoms with van der Waals surface area (Å²) in [5, 5.41) is 15.8. The van der Waals surface area contributed by atoms with Gasteiger partial charge in [0.05, 0.1) is 18.7 Å². The number of carbonyl (C=O) groups is 2. The molecule has 0 saturated carbocycles. The van der Waals surface area contributed by atoms with E-state index in [-0.39, 0.29) is 24.9 Å². The first-order valence-corrected chi connectivity index (χ1v) is 10.2. The van der Waals surface area contributed by atoms with E-state index in [1.165, 1.54) is 16.2 Å². The number of thiophene rings is 1. The van der Waals surface area contributed by atoms with Crippen LogP contribution in [0.25, 0.3) is 0 Å². The van der Waals surface area contributed by atoms with Gasteiger partial charge in [0.2, 0.25) is 11.8 Å². The summed E-state index contributed by atoms with van der Waals surface area (Å²) in [5.74, 6) is -0.385. The molecule has 6 nitrogen and oxygen atoms in total. The minimum absolute atomic E-state index is 0.0796. The Hall–Kier alpha value is -2.69. The SMILES string of the molecule is CCc1ccccc1NC(=O)CN(C)CC(=O)Nc1sc2c(c1C#N)CCC2. The van der Waals surface area contributed by atoms with Crippen LogP contribution in [0.1, 0.15) is 34.9 Å². The Balaban J connectivity index is 1.53. The quantitative estimate of drug-likeness (QED) is 0.753. The van der Waals surface area contributed by atoms with Crippen LogP contribution in [-0.4, -0.2) is 36.9 Å². The van der Waals surface area contributed by atoms with Gasteiger partial charge in [-0.15, -0.1) is 11.3 Å². The fourth-order valence-corrected chi connectivity index (χ4v) is 4.72. The van der Waals surface area contributed by atoms with E-state index in [1.807, 2.05) is 31.2 Å². The van der Waals surface area contributed by atoms with E-state index in [2.05, 4.69) is 16.7 Å². The van der Waals surface area contributed by atoms with Crippen molar-refractivity contribution in [1.29, 1.82) is 5.26 Å². The van der Waals surface area contributed by atoms with Gasteiger partial charge in [0, 0.05) is 10.6 Å². The molecule has 1 heterocycles. The van der Waals surface area contributed by atoms with Crippen molar-refractivity contribution in [3.05, 3.63) is 45.8 Å². The highest BCUT2D eigenvalue weighted by atomic mass is 32.1. The summed E-state index contributed by atoms with van der Waals surface area (Å²) in [4.78, 5) is 27.5. The number of carbonyl (C=O) groups excluding carboxylic acids is 2. The Bertz CT molecular complexity index is 929. The second kappa shape index (κ2) is 9.00. The van der Waals surface area contributed by atoms with Crippen LogP contribution in [0.4, 0.5) is 10.7 Å². The third-order valence-corrected chi connectivity index (χ3v) is 5.99. The minimum Gasteiger partial charge on any atom is -0.325 e. The first-order chi connectivity index (χ1) is 13.5. The molecule has 28 heavy (non-hydrogen) atoms. The van der Waals surface area contributed by atoms with E-state index in [0.29, 0.717) is 10.6 Å². The van der Waals surface area contributed by atoms with E-state index in [0.717, 1.165) is 42.5 Å². The first-order valence-electron chi connectivity index (χ1n) is 9.42. The monoisotopic (exact) mass is 396 g/mol. The standard InChI is InChI=1S/C21H24N4O2S/c1-3-14-7-4-5-9-17(14)23-19(26)12-25(2)13-20(27)24-21-16(11-22)15-8-6-10-18(15)28-21/h4-5,7,9H,3,6,8,10,12-13H2,1-2H3,(H,23,26)(H,24,27). The molecule has 3 rings (SSSR count). The third kappa shape index (κ3) is 4.58. The summed E-state index contributed by atoms with van der Waals surface area (Å²) in [6.45, 7) is 2.23. The van der Waals surface area contributed by atoms with Crippen LogP contribution >= 0.6 is 11.3 Å². The van der Waals surface area contributed by atoms with Crippen molar-refractivity contribution in [2.45, 2.75) is 32.6 Å². The van der Waals surface area contributed by atoms with Gasteiger partial charge >= 0.3 is 0 Å². The Morgan fingerprint density at radius 3 is 2.61 bits per heavy atom. The molecule has 0 spiro atoms. The van der Waals surface area contributed by atoms with Crippen LogP contribution in [0, 0.1) is 11.3 Å². The van der Waals surface area contributed by atoms with E-state index >= 15 is 0 Å². The zero-order valence-corrected chi connectivity index (χ0v) is 17.0. The molecule has 7 heteroatoms. The molecule has 1 aliphatic rings. The maximum absolute atomic E-state index is 12.4. The second-order valence-corrected chi connectivity index (χ2v) is 8.06. The number of benzene rings is 1. The van der Waals surface area contributed by atoms with E-state index < -0.39 is 0 Å². The van der Waals surface area contributed by atoms with E-state index in [4.69, 9.17) is 0 Å². The van der Waals surface area contributed by atoms with Gasteiger partial charge in [0.15, 0.2) is 0 Å². The molecule has 0 unspecified atom stereocenters. The average Bonchev–Trinajstić information content (AvgIpc) is 3.22. The number of nitrogens with zero attached hydrogens (tertiary/aromatic N) is 2. The highest BCUT2D eigenvalue weighted by Gasteiger charge is 2.23. The van der Waals surface area contributed by atoms with Crippen LogP contribution in [0.3, 0.4) is 0 Å². The maximum atomic E-state index is 12.4. The topological polar surface area (TPSA) is 85.2 Å². The van der Waals surface area contributed by atoms with Crippen LogP contribution in [0.2, 0.25) is 0 Å². The molecule has 0 radical (unpaired) electrons. The molecule has 1 aromatic carbocycles. The number of fused-ring (bicyclic) bond motifs is 1. The molecule has 0 aliphatic heterocycles. The van der Waals surface area contributed by atoms with Gasteiger partial charge in [0.25, 0.3) is 0 Å². The Morgan fingerprint density at radius 2 is 1.89 bits per heavy atom. The fraction of sp³-hybridized carbons (Fsp3) is 0.381. The van der Waals surface area contributed by atoms with Gasteiger partial charge < -0.3 is 10.6 Å². The molecule has 146 valence electrons. The number of likely N-dealkylation sites (N-methyl/N-ethyl adjacent to an activating group) is 1. The normalized spacial score (nSPS) is 12.5. The molecule has 0 saturated heterocycles. The molecule has 0 bridgehead atoms. The summed E-state index contributed by atoms with van der Waals surface area (Å²) in [7, 11) is 1.73. The van der Waals surface area contributed by atoms with Crippen molar-refractivity contribution < 1.29 is 9.59 Å². The highest BCUT2D eigenvalue weighted by molar-refractivity contribution is 7.16. The number of nitrogens with one attached hydrogen (secondary N) is 2. The minimum atomic E-state index is -0.222. The maximum Gasteiger partial charge on any atom is 0.239 e. The lowest BCUT2D eigenvalue weighted by atomic mass is 10.1. The highest BCUT2D eigenvalue weighted by Crippen LogP contribution is 2.38. The number of aryl methyl sites for hydroxylation is 2. The summed E-state index contributed by atoms with van der Waals surface area (Å²) in [5.41, 5.74) is 3.57. The molecule has 2 aromatic rings. The average molecular weight is 397 g/mol. The van der Waals surface area contributed by atoms with Gasteiger partial charge in [-0.1, -0.05) is 25.1 Å². The van der Waals surface area contributed by atoms with Crippen LogP contribution in [0.15, 0.2) is 24.3 Å². The summed E-state index contributed by atoms with van der Waals surface area (Å²) in [6.07, 6.45) is 3.79. The smallest absolute Gasteiger partial charge is 0.239 e. The van der Waals surface area contributed by atoms with E-state index in [1.54, 1.807) is 11.9 Å². The number of hydrogen-bond acceptors (Lipinski definition) is 5. The lowest BCUT2D eigenvalue weighted by Crippen LogP contribution is -2.36. The van der Waals surface area contributed by atoms with Crippen molar-refractivity contribution in [3.8, 4) is 6.07 Å². The molecule has 1 aliphatic carbocycles. The van der Waals surface area contributed by atoms with Crippen LogP contribution in [-0.2, 0) is 28.9 Å². The summed E-state index contributed by atoms with van der Waals surface area (Å²) in [6, 6.07) is 9.92. The lowest BCUT2D eigenvalue weighted by Gasteiger charge is -2.16. The van der Waals surface area contributed by atoms with Crippen molar-refractivity contribution in [3.63, 3.8) is 0 Å². The fourth-order valence-electron chi connectivity index (χ4n) is 3.46. The second-order valence-electron chi connectivity index (χ2n) is 6.95. The number of rotatable bonds is 7. The Kier molecular flexibility index (Phi) is 6.45. The predicted molar refractivity (Wildman–Crippen MR) is 112 cm³/mol. The van der Waals surface area contributed by atoms with Gasteiger partial charge in [-0.25, -0.2) is 0 Å². The molecule has 0 fully saturated rings. The number of hydrogen-bond donors (Lipinski definition) is 2. The zero-order valence-electron chi connectivity index (χ0n) is 16.2. The van der Waals surface area contributed by atoms with Crippen LogP contribution < -0.4 is 10.6 Å². The zero-order chi connectivity index (χ0) is 20.1. The molecule has 1 aromatic heterocycles. The Labute approximate surface area is 169 Å². The first kappa shape index (κ1) is 20.1. The van der Waals surface area contributed by atoms with Crippen molar-refractivity contribution in [2.24, 2.45) is 0 Å². The van der Waals surface area contributed by atoms with Gasteiger partial charge in [-0.2, -0.15) is 5.26 Å². The predicted octanol–water partition coefficient (Wildman–Crippen LogP) is 3.18. The number of nitriles is 1. The molecular formula is C21H24N4O2S. The van der Waals surface area contributed by atoms with Gasteiger partial charge in [-0.3, -0.25) is 14.5 Å².